The highest BCUT2D eigenvalue weighted by molar-refractivity contribution is 6.30. The number of piperidine rings is 1. The molecule has 2 saturated heterocycles. The maximum atomic E-state index is 13.4. The summed E-state index contributed by atoms with van der Waals surface area (Å²) in [5.74, 6) is -0.352. The zero-order chi connectivity index (χ0) is 20.6. The lowest BCUT2D eigenvalue weighted by molar-refractivity contribution is -0.123. The predicted molar refractivity (Wildman–Crippen MR) is 115 cm³/mol. The van der Waals surface area contributed by atoms with E-state index in [1.54, 1.807) is 12.1 Å². The Balaban J connectivity index is 1.44. The zero-order valence-corrected chi connectivity index (χ0v) is 17.6. The molecular formula is C23H27ClFN3O. The van der Waals surface area contributed by atoms with Gasteiger partial charge in [-0.3, -0.25) is 4.90 Å². The van der Waals surface area contributed by atoms with Gasteiger partial charge in [0.2, 0.25) is 0 Å². The van der Waals surface area contributed by atoms with E-state index in [0.717, 1.165) is 24.4 Å². The molecule has 0 aliphatic carbocycles. The molecular weight excluding hydrogens is 389 g/mol. The topological polar surface area (TPSA) is 35.6 Å². The average molecular weight is 416 g/mol. The Kier molecular flexibility index (Phi) is 5.54. The number of hydrogen-bond acceptors (Lipinski definition) is 2. The third-order valence-corrected chi connectivity index (χ3v) is 6.63. The number of halogens is 2. The van der Waals surface area contributed by atoms with Crippen LogP contribution in [0.15, 0.2) is 48.5 Å². The highest BCUT2D eigenvalue weighted by Gasteiger charge is 2.54. The molecule has 1 N–H and O–H groups in total. The molecule has 2 amide bonds. The van der Waals surface area contributed by atoms with Crippen molar-refractivity contribution in [2.45, 2.75) is 38.8 Å². The summed E-state index contributed by atoms with van der Waals surface area (Å²) in [6, 6.07) is 14.9. The van der Waals surface area contributed by atoms with Gasteiger partial charge in [0.1, 0.15) is 5.82 Å². The van der Waals surface area contributed by atoms with Crippen LogP contribution < -0.4 is 5.32 Å². The van der Waals surface area contributed by atoms with Crippen molar-refractivity contribution in [3.05, 3.63) is 64.9 Å². The predicted octanol–water partition coefficient (Wildman–Crippen LogP) is 5.56. The van der Waals surface area contributed by atoms with Gasteiger partial charge in [-0.2, -0.15) is 0 Å². The first-order chi connectivity index (χ1) is 13.9. The summed E-state index contributed by atoms with van der Waals surface area (Å²) in [5, 5.41) is 3.57. The number of carbonyl (C=O) groups is 1. The first-order valence-electron chi connectivity index (χ1n) is 10.2. The van der Waals surface area contributed by atoms with E-state index < -0.39 is 0 Å². The normalized spacial score (nSPS) is 21.3. The van der Waals surface area contributed by atoms with Crippen LogP contribution in [0.25, 0.3) is 0 Å². The molecule has 2 aromatic carbocycles. The molecule has 29 heavy (non-hydrogen) atoms. The first-order valence-corrected chi connectivity index (χ1v) is 10.6. The average Bonchev–Trinajstić information content (AvgIpc) is 2.68. The number of hydrogen-bond donors (Lipinski definition) is 1. The molecule has 2 aromatic rings. The van der Waals surface area contributed by atoms with Crippen molar-refractivity contribution < 1.29 is 9.18 Å². The largest absolute Gasteiger partial charge is 0.324 e. The summed E-state index contributed by atoms with van der Waals surface area (Å²) in [5.41, 5.74) is 1.98. The van der Waals surface area contributed by atoms with Gasteiger partial charge >= 0.3 is 6.03 Å². The lowest BCUT2D eigenvalue weighted by atomic mass is 9.62. The van der Waals surface area contributed by atoms with Gasteiger partial charge in [0, 0.05) is 47.8 Å². The molecule has 2 aliphatic rings. The van der Waals surface area contributed by atoms with Crippen molar-refractivity contribution in [2.75, 3.05) is 25.0 Å². The molecule has 4 rings (SSSR count). The quantitative estimate of drug-likeness (QED) is 0.712. The Hall–Kier alpha value is -2.11. The number of nitrogens with one attached hydrogen (secondary N) is 1. The summed E-state index contributed by atoms with van der Waals surface area (Å²) in [6.45, 7) is 6.93. The van der Waals surface area contributed by atoms with Crippen LogP contribution in [0.3, 0.4) is 0 Å². The number of carbonyl (C=O) groups excluding carboxylic acids is 1. The lowest BCUT2D eigenvalue weighted by Gasteiger charge is -2.62. The number of anilines is 1. The molecule has 2 fully saturated rings. The van der Waals surface area contributed by atoms with E-state index in [4.69, 9.17) is 11.6 Å². The number of likely N-dealkylation sites (tertiary alicyclic amines) is 2. The van der Waals surface area contributed by atoms with Gasteiger partial charge in [0.15, 0.2) is 0 Å². The third kappa shape index (κ3) is 3.99. The molecule has 2 aliphatic heterocycles. The Labute approximate surface area is 176 Å². The van der Waals surface area contributed by atoms with Crippen LogP contribution in [-0.4, -0.2) is 41.5 Å². The van der Waals surface area contributed by atoms with Gasteiger partial charge in [0.05, 0.1) is 0 Å². The minimum absolute atomic E-state index is 0.159. The second-order valence-electron chi connectivity index (χ2n) is 8.51. The second-order valence-corrected chi connectivity index (χ2v) is 8.95. The number of amides is 2. The highest BCUT2D eigenvalue weighted by Crippen LogP contribution is 2.55. The molecule has 154 valence electrons. The smallest absolute Gasteiger partial charge is 0.321 e. The Morgan fingerprint density at radius 2 is 1.86 bits per heavy atom. The van der Waals surface area contributed by atoms with E-state index in [2.05, 4.69) is 36.2 Å². The number of urea groups is 1. The molecule has 1 unspecified atom stereocenters. The maximum absolute atomic E-state index is 13.4. The minimum Gasteiger partial charge on any atom is -0.324 e. The van der Waals surface area contributed by atoms with Crippen LogP contribution in [0.5, 0.6) is 0 Å². The molecule has 0 saturated carbocycles. The van der Waals surface area contributed by atoms with E-state index in [-0.39, 0.29) is 17.3 Å². The SMILES string of the molecule is CC(C)N1CC2(CCN(C(=O)Nc3cccc(F)c3)CC2)C1c1ccc(Cl)cc1. The summed E-state index contributed by atoms with van der Waals surface area (Å²) in [7, 11) is 0. The second kappa shape index (κ2) is 7.96. The molecule has 1 atom stereocenters. The lowest BCUT2D eigenvalue weighted by Crippen LogP contribution is -2.64. The van der Waals surface area contributed by atoms with Crippen molar-refractivity contribution in [1.29, 1.82) is 0 Å². The molecule has 2 heterocycles. The van der Waals surface area contributed by atoms with Crippen LogP contribution in [0.2, 0.25) is 5.02 Å². The summed E-state index contributed by atoms with van der Waals surface area (Å²) in [4.78, 5) is 17.0. The molecule has 0 aromatic heterocycles. The van der Waals surface area contributed by atoms with E-state index in [1.807, 2.05) is 17.0 Å². The maximum Gasteiger partial charge on any atom is 0.321 e. The Morgan fingerprint density at radius 3 is 2.48 bits per heavy atom. The first kappa shape index (κ1) is 20.2. The van der Waals surface area contributed by atoms with E-state index in [9.17, 15) is 9.18 Å². The van der Waals surface area contributed by atoms with Crippen molar-refractivity contribution in [1.82, 2.24) is 9.80 Å². The number of benzene rings is 2. The molecule has 1 spiro atoms. The fourth-order valence-corrected chi connectivity index (χ4v) is 4.93. The van der Waals surface area contributed by atoms with Gasteiger partial charge < -0.3 is 10.2 Å². The fourth-order valence-electron chi connectivity index (χ4n) is 4.81. The van der Waals surface area contributed by atoms with Gasteiger partial charge in [-0.15, -0.1) is 0 Å². The Bertz CT molecular complexity index is 878. The van der Waals surface area contributed by atoms with Gasteiger partial charge in [-0.1, -0.05) is 29.8 Å². The Morgan fingerprint density at radius 1 is 1.17 bits per heavy atom. The number of nitrogens with zero attached hydrogens (tertiary/aromatic N) is 2. The van der Waals surface area contributed by atoms with Crippen molar-refractivity contribution in [2.24, 2.45) is 5.41 Å². The molecule has 6 heteroatoms. The van der Waals surface area contributed by atoms with Crippen LogP contribution in [0.4, 0.5) is 14.9 Å². The van der Waals surface area contributed by atoms with Crippen molar-refractivity contribution in [3.8, 4) is 0 Å². The summed E-state index contributed by atoms with van der Waals surface area (Å²) in [6.07, 6.45) is 1.92. The molecule has 0 bridgehead atoms. The van der Waals surface area contributed by atoms with E-state index in [0.29, 0.717) is 30.9 Å². The van der Waals surface area contributed by atoms with Crippen LogP contribution in [0, 0.1) is 11.2 Å². The monoisotopic (exact) mass is 415 g/mol. The van der Waals surface area contributed by atoms with E-state index >= 15 is 0 Å². The summed E-state index contributed by atoms with van der Waals surface area (Å²) >= 11 is 6.10. The van der Waals surface area contributed by atoms with E-state index in [1.165, 1.54) is 17.7 Å². The van der Waals surface area contributed by atoms with Crippen LogP contribution in [0.1, 0.15) is 38.3 Å². The molecule has 0 radical (unpaired) electrons. The standard InChI is InChI=1S/C23H27ClFN3O/c1-16(2)28-15-23(21(28)17-6-8-18(24)9-7-17)10-12-27(13-11-23)22(29)26-20-5-3-4-19(25)14-20/h3-9,14,16,21H,10-13,15H2,1-2H3,(H,26,29). The van der Waals surface area contributed by atoms with Crippen molar-refractivity contribution in [3.63, 3.8) is 0 Å². The molecule has 4 nitrogen and oxygen atoms in total. The van der Waals surface area contributed by atoms with Crippen LogP contribution >= 0.6 is 11.6 Å². The van der Waals surface area contributed by atoms with Crippen molar-refractivity contribution >= 4 is 23.3 Å². The third-order valence-electron chi connectivity index (χ3n) is 6.38. The van der Waals surface area contributed by atoms with Gasteiger partial charge in [0.25, 0.3) is 0 Å². The van der Waals surface area contributed by atoms with Gasteiger partial charge in [-0.25, -0.2) is 9.18 Å². The minimum atomic E-state index is -0.352. The van der Waals surface area contributed by atoms with Crippen LogP contribution in [-0.2, 0) is 0 Å². The fraction of sp³-hybridized carbons (Fsp3) is 0.435. The van der Waals surface area contributed by atoms with Gasteiger partial charge in [-0.05, 0) is 62.6 Å². The number of rotatable bonds is 3. The highest BCUT2D eigenvalue weighted by atomic mass is 35.5. The zero-order valence-electron chi connectivity index (χ0n) is 16.9. The summed E-state index contributed by atoms with van der Waals surface area (Å²) < 4.78 is 13.4.